The van der Waals surface area contributed by atoms with Gasteiger partial charge in [-0.1, -0.05) is 35.4 Å². The van der Waals surface area contributed by atoms with Crippen molar-refractivity contribution in [3.05, 3.63) is 46.3 Å². The summed E-state index contributed by atoms with van der Waals surface area (Å²) in [4.78, 5) is 26.3. The van der Waals surface area contributed by atoms with Crippen molar-refractivity contribution in [1.29, 1.82) is 0 Å². The van der Waals surface area contributed by atoms with Crippen LogP contribution in [0.3, 0.4) is 0 Å². The lowest BCUT2D eigenvalue weighted by atomic mass is 9.96. The molecule has 29 heavy (non-hydrogen) atoms. The summed E-state index contributed by atoms with van der Waals surface area (Å²) in [6, 6.07) is 8.33. The molecule has 0 spiro atoms. The van der Waals surface area contributed by atoms with Crippen molar-refractivity contribution < 1.29 is 33.3 Å². The van der Waals surface area contributed by atoms with Crippen LogP contribution in [0.4, 0.5) is 0 Å². The minimum absolute atomic E-state index is 0.0622. The molecule has 2 fully saturated rings. The van der Waals surface area contributed by atoms with Gasteiger partial charge < -0.3 is 28.5 Å². The number of ketones is 1. The fourth-order valence-corrected chi connectivity index (χ4v) is 3.34. The highest BCUT2D eigenvalue weighted by Gasteiger charge is 2.51. The summed E-state index contributed by atoms with van der Waals surface area (Å²) in [5.41, 5.74) is 9.78. The Morgan fingerprint density at radius 3 is 2.66 bits per heavy atom. The van der Waals surface area contributed by atoms with E-state index in [-0.39, 0.29) is 25.2 Å². The van der Waals surface area contributed by atoms with Crippen molar-refractivity contribution >= 4 is 11.8 Å². The van der Waals surface area contributed by atoms with E-state index in [1.807, 2.05) is 30.3 Å². The molecule has 2 heterocycles. The molecule has 1 aromatic carbocycles. The topological polar surface area (TPSA) is 129 Å². The maximum Gasteiger partial charge on any atom is 0.306 e. The lowest BCUT2D eigenvalue weighted by Gasteiger charge is -2.47. The Bertz CT molecular complexity index is 768. The Labute approximate surface area is 167 Å². The molecule has 10 heteroatoms. The molecule has 1 aromatic rings. The highest BCUT2D eigenvalue weighted by atomic mass is 16.7. The van der Waals surface area contributed by atoms with Crippen LogP contribution in [-0.2, 0) is 33.3 Å². The van der Waals surface area contributed by atoms with E-state index in [1.165, 1.54) is 14.0 Å². The standard InChI is InChI=1S/C19H23N3O7/c1-11(23)8-9-14(24)28-17-15(21-22-20)19(25-2)27-13-10-26-18(29-16(13)17)12-6-4-3-5-7-12/h3-7,13,15-19H,8-10H2,1-2H3/t13-,15-,16-,17-,18-,19-/m1/s1. The Kier molecular flexibility index (Phi) is 7.18. The van der Waals surface area contributed by atoms with Crippen molar-refractivity contribution in [2.75, 3.05) is 13.7 Å². The zero-order valence-corrected chi connectivity index (χ0v) is 16.2. The van der Waals surface area contributed by atoms with E-state index in [2.05, 4.69) is 10.0 Å². The number of hydrogen-bond acceptors (Lipinski definition) is 8. The van der Waals surface area contributed by atoms with Crippen molar-refractivity contribution in [3.8, 4) is 0 Å². The Morgan fingerprint density at radius 2 is 2.00 bits per heavy atom. The molecule has 0 aliphatic carbocycles. The van der Waals surface area contributed by atoms with Gasteiger partial charge in [0.2, 0.25) is 0 Å². The highest BCUT2D eigenvalue weighted by molar-refractivity contribution is 5.81. The SMILES string of the molecule is CO[C@@H]1O[C@@H]2CO[C@@H](c3ccccc3)O[C@H]2[C@H](OC(=O)CCC(C)=O)[C@H]1N=[N+]=[N-]. The summed E-state index contributed by atoms with van der Waals surface area (Å²) < 4.78 is 28.5. The molecule has 10 nitrogen and oxygen atoms in total. The summed E-state index contributed by atoms with van der Waals surface area (Å²) in [7, 11) is 1.40. The smallest absolute Gasteiger partial charge is 0.306 e. The minimum Gasteiger partial charge on any atom is -0.459 e. The monoisotopic (exact) mass is 405 g/mol. The van der Waals surface area contributed by atoms with Crippen LogP contribution in [0, 0.1) is 0 Å². The van der Waals surface area contributed by atoms with E-state index in [0.29, 0.717) is 0 Å². The first-order valence-corrected chi connectivity index (χ1v) is 9.27. The van der Waals surface area contributed by atoms with E-state index in [1.54, 1.807) is 0 Å². The number of rotatable bonds is 7. The molecular weight excluding hydrogens is 382 g/mol. The second-order valence-electron chi connectivity index (χ2n) is 6.81. The molecule has 0 bridgehead atoms. The molecule has 2 aliphatic heterocycles. The fraction of sp³-hybridized carbons (Fsp3) is 0.579. The van der Waals surface area contributed by atoms with Gasteiger partial charge in [-0.3, -0.25) is 4.79 Å². The van der Waals surface area contributed by atoms with Gasteiger partial charge >= 0.3 is 5.97 Å². The maximum atomic E-state index is 12.3. The first-order chi connectivity index (χ1) is 14.0. The molecule has 0 N–H and O–H groups in total. The number of azide groups is 1. The number of methoxy groups -OCH3 is 1. The van der Waals surface area contributed by atoms with Crippen LogP contribution in [-0.4, -0.2) is 56.1 Å². The van der Waals surface area contributed by atoms with E-state index >= 15 is 0 Å². The molecule has 0 radical (unpaired) electrons. The highest BCUT2D eigenvalue weighted by Crippen LogP contribution is 2.36. The summed E-state index contributed by atoms with van der Waals surface area (Å²) >= 11 is 0. The van der Waals surface area contributed by atoms with Crippen molar-refractivity contribution in [1.82, 2.24) is 0 Å². The summed E-state index contributed by atoms with van der Waals surface area (Å²) in [6.07, 6.45) is -3.92. The number of carbonyl (C=O) groups is 2. The van der Waals surface area contributed by atoms with Gasteiger partial charge in [0, 0.05) is 24.0 Å². The number of hydrogen-bond donors (Lipinski definition) is 0. The number of carbonyl (C=O) groups excluding carboxylic acids is 2. The molecular formula is C19H23N3O7. The predicted molar refractivity (Wildman–Crippen MR) is 98.4 cm³/mol. The first-order valence-electron chi connectivity index (χ1n) is 9.27. The van der Waals surface area contributed by atoms with Gasteiger partial charge in [0.25, 0.3) is 0 Å². The average Bonchev–Trinajstić information content (AvgIpc) is 2.74. The molecule has 0 saturated carbocycles. The summed E-state index contributed by atoms with van der Waals surface area (Å²) in [5.74, 6) is -0.718. The number of fused-ring (bicyclic) bond motifs is 1. The number of nitrogens with zero attached hydrogens (tertiary/aromatic N) is 3. The Morgan fingerprint density at radius 1 is 1.24 bits per heavy atom. The van der Waals surface area contributed by atoms with E-state index in [0.717, 1.165) is 5.56 Å². The van der Waals surface area contributed by atoms with Crippen LogP contribution < -0.4 is 0 Å². The van der Waals surface area contributed by atoms with Crippen LogP contribution >= 0.6 is 0 Å². The summed E-state index contributed by atoms with van der Waals surface area (Å²) in [6.45, 7) is 1.57. The van der Waals surface area contributed by atoms with Gasteiger partial charge in [-0.15, -0.1) is 0 Å². The molecule has 3 rings (SSSR count). The van der Waals surface area contributed by atoms with Gasteiger partial charge in [0.1, 0.15) is 30.1 Å². The number of esters is 1. The third-order valence-corrected chi connectivity index (χ3v) is 4.74. The molecule has 0 unspecified atom stereocenters. The van der Waals surface area contributed by atoms with Crippen LogP contribution in [0.15, 0.2) is 35.4 Å². The molecule has 0 amide bonds. The number of benzene rings is 1. The second-order valence-corrected chi connectivity index (χ2v) is 6.81. The Balaban J connectivity index is 1.83. The van der Waals surface area contributed by atoms with Crippen molar-refractivity contribution in [3.63, 3.8) is 0 Å². The average molecular weight is 405 g/mol. The van der Waals surface area contributed by atoms with Crippen molar-refractivity contribution in [2.45, 2.75) is 56.7 Å². The van der Waals surface area contributed by atoms with Crippen LogP contribution in [0.5, 0.6) is 0 Å². The van der Waals surface area contributed by atoms with Gasteiger partial charge in [0.05, 0.1) is 13.0 Å². The zero-order chi connectivity index (χ0) is 20.8. The molecule has 6 atom stereocenters. The predicted octanol–water partition coefficient (Wildman–Crippen LogP) is 2.43. The third-order valence-electron chi connectivity index (χ3n) is 4.74. The fourth-order valence-electron chi connectivity index (χ4n) is 3.34. The third kappa shape index (κ3) is 5.11. The quantitative estimate of drug-likeness (QED) is 0.295. The lowest BCUT2D eigenvalue weighted by Crippen LogP contribution is -2.62. The normalized spacial score (nSPS) is 31.2. The zero-order valence-electron chi connectivity index (χ0n) is 16.2. The first kappa shape index (κ1) is 21.2. The van der Waals surface area contributed by atoms with Crippen LogP contribution in [0.25, 0.3) is 10.4 Å². The lowest BCUT2D eigenvalue weighted by molar-refractivity contribution is -0.339. The van der Waals surface area contributed by atoms with E-state index in [4.69, 9.17) is 29.2 Å². The van der Waals surface area contributed by atoms with Crippen LogP contribution in [0.1, 0.15) is 31.6 Å². The molecule has 2 aliphatic rings. The van der Waals surface area contributed by atoms with E-state index < -0.39 is 42.9 Å². The second kappa shape index (κ2) is 9.82. The van der Waals surface area contributed by atoms with Gasteiger partial charge in [-0.25, -0.2) is 0 Å². The number of Topliss-reactive ketones (excluding diaryl/α,β-unsaturated/α-hetero) is 1. The van der Waals surface area contributed by atoms with Crippen LogP contribution in [0.2, 0.25) is 0 Å². The van der Waals surface area contributed by atoms with Gasteiger partial charge in [-0.2, -0.15) is 0 Å². The van der Waals surface area contributed by atoms with Crippen molar-refractivity contribution in [2.24, 2.45) is 5.11 Å². The minimum atomic E-state index is -0.956. The maximum absolute atomic E-state index is 12.3. The Hall–Kier alpha value is -2.49. The van der Waals surface area contributed by atoms with Gasteiger partial charge in [0.15, 0.2) is 12.6 Å². The molecule has 156 valence electrons. The van der Waals surface area contributed by atoms with Gasteiger partial charge in [-0.05, 0) is 12.5 Å². The molecule has 2 saturated heterocycles. The molecule has 0 aromatic heterocycles. The summed E-state index contributed by atoms with van der Waals surface area (Å²) in [5, 5.41) is 3.72. The van der Waals surface area contributed by atoms with E-state index in [9.17, 15) is 9.59 Å². The largest absolute Gasteiger partial charge is 0.459 e. The number of ether oxygens (including phenoxy) is 5.